The largest absolute Gasteiger partial charge is 0.337 e. The summed E-state index contributed by atoms with van der Waals surface area (Å²) in [6, 6.07) is 3.69. The van der Waals surface area contributed by atoms with Gasteiger partial charge in [-0.3, -0.25) is 9.59 Å². The highest BCUT2D eigenvalue weighted by Crippen LogP contribution is 2.40. The van der Waals surface area contributed by atoms with Gasteiger partial charge in [0, 0.05) is 31.4 Å². The number of pyridine rings is 1. The van der Waals surface area contributed by atoms with Crippen LogP contribution >= 0.6 is 0 Å². The number of hydrogen-bond acceptors (Lipinski definition) is 3. The topological polar surface area (TPSA) is 66.7 Å². The number of carbonyl (C=O) groups is 2. The van der Waals surface area contributed by atoms with Gasteiger partial charge in [-0.05, 0) is 18.5 Å². The van der Waals surface area contributed by atoms with Gasteiger partial charge >= 0.3 is 0 Å². The first-order chi connectivity index (χ1) is 11.0. The van der Waals surface area contributed by atoms with Gasteiger partial charge in [0.15, 0.2) is 0 Å². The third kappa shape index (κ3) is 1.76. The number of nitrogens with zero attached hydrogens (tertiary/aromatic N) is 3. The van der Waals surface area contributed by atoms with Crippen LogP contribution in [-0.4, -0.2) is 39.4 Å². The fourth-order valence-corrected chi connectivity index (χ4v) is 3.42. The molecule has 0 saturated carbocycles. The first-order valence-electron chi connectivity index (χ1n) is 7.71. The minimum Gasteiger partial charge on any atom is -0.337 e. The van der Waals surface area contributed by atoms with E-state index in [2.05, 4.69) is 17.0 Å². The van der Waals surface area contributed by atoms with E-state index < -0.39 is 5.41 Å². The lowest BCUT2D eigenvalue weighted by molar-refractivity contribution is -0.126. The lowest BCUT2D eigenvalue weighted by atomic mass is 9.85. The normalized spacial score (nSPS) is 25.1. The third-order valence-electron chi connectivity index (χ3n) is 4.56. The molecule has 2 aromatic rings. The summed E-state index contributed by atoms with van der Waals surface area (Å²) in [6.07, 6.45) is 4.33. The summed E-state index contributed by atoms with van der Waals surface area (Å²) in [5, 5.41) is 6.91. The summed E-state index contributed by atoms with van der Waals surface area (Å²) in [5.41, 5.74) is 1.37. The number of rotatable bonds is 1. The molecule has 1 spiro atoms. The number of likely N-dealkylation sites (tertiary alicyclic amines) is 1. The number of hydrogen-bond donors (Lipinski definition) is 1. The molecule has 0 bridgehead atoms. The van der Waals surface area contributed by atoms with Gasteiger partial charge in [-0.25, -0.2) is 4.52 Å². The highest BCUT2D eigenvalue weighted by molar-refractivity contribution is 6.01. The zero-order valence-corrected chi connectivity index (χ0v) is 12.0. The molecular weight excluding hydrogens is 280 g/mol. The second-order valence-corrected chi connectivity index (χ2v) is 6.01. The molecule has 4 rings (SSSR count). The van der Waals surface area contributed by atoms with Crippen molar-refractivity contribution in [2.75, 3.05) is 13.1 Å². The van der Waals surface area contributed by atoms with Crippen LogP contribution in [-0.2, 0) is 4.79 Å². The van der Waals surface area contributed by atoms with Gasteiger partial charge in [0.25, 0.3) is 5.91 Å². The Hall–Kier alpha value is -2.63. The van der Waals surface area contributed by atoms with Crippen LogP contribution in [0.15, 0.2) is 42.8 Å². The number of allylic oxidation sites excluding steroid dienone is 1. The standard InChI is InChI=1S/C16H16N4O2/c1-11-8-16(15(22)18-11)5-7-19(10-16)14(21)12-9-17-20-6-3-2-4-13(12)20/h2-4,6,9H,1,5,7-8,10H2,(H,18,22)/i3T. The average molecular weight is 298 g/mol. The van der Waals surface area contributed by atoms with Crippen LogP contribution in [0.2, 0.25) is 0 Å². The second-order valence-electron chi connectivity index (χ2n) is 6.01. The Morgan fingerprint density at radius 3 is 3.18 bits per heavy atom. The Morgan fingerprint density at radius 2 is 2.41 bits per heavy atom. The number of nitrogens with one attached hydrogen (secondary N) is 1. The van der Waals surface area contributed by atoms with E-state index in [0.29, 0.717) is 43.1 Å². The van der Waals surface area contributed by atoms with Crippen molar-refractivity contribution in [2.24, 2.45) is 5.41 Å². The Balaban J connectivity index is 1.62. The van der Waals surface area contributed by atoms with Crippen molar-refractivity contribution in [3.8, 4) is 0 Å². The summed E-state index contributed by atoms with van der Waals surface area (Å²) in [4.78, 5) is 26.7. The molecule has 1 atom stereocenters. The minimum absolute atomic E-state index is 0.0310. The van der Waals surface area contributed by atoms with Crippen LogP contribution in [0.3, 0.4) is 0 Å². The van der Waals surface area contributed by atoms with Gasteiger partial charge < -0.3 is 10.2 Å². The SMILES string of the molecule is [3H]c1ccc2c(C(=O)N3CCC4(CC(=C)NC4=O)C3)cnn2c1. The van der Waals surface area contributed by atoms with E-state index in [1.165, 1.54) is 10.7 Å². The maximum Gasteiger partial charge on any atom is 0.257 e. The molecule has 2 amide bonds. The van der Waals surface area contributed by atoms with Crippen molar-refractivity contribution in [3.05, 3.63) is 48.4 Å². The van der Waals surface area contributed by atoms with E-state index in [-0.39, 0.29) is 11.8 Å². The smallest absolute Gasteiger partial charge is 0.257 e. The van der Waals surface area contributed by atoms with E-state index in [1.807, 2.05) is 0 Å². The van der Waals surface area contributed by atoms with Crippen LogP contribution in [0.1, 0.15) is 24.6 Å². The highest BCUT2D eigenvalue weighted by atomic mass is 16.2. The Bertz CT molecular complexity index is 859. The molecule has 2 aromatic heterocycles. The van der Waals surface area contributed by atoms with Crippen LogP contribution in [0, 0.1) is 5.41 Å². The lowest BCUT2D eigenvalue weighted by Gasteiger charge is -2.20. The Labute approximate surface area is 128 Å². The molecule has 6 heteroatoms. The molecular formula is C16H16N4O2. The van der Waals surface area contributed by atoms with Gasteiger partial charge in [-0.2, -0.15) is 5.10 Å². The van der Waals surface area contributed by atoms with Crippen molar-refractivity contribution < 1.29 is 11.0 Å². The molecule has 0 aliphatic carbocycles. The number of carbonyl (C=O) groups excluding carboxylic acids is 2. The Morgan fingerprint density at radius 1 is 1.55 bits per heavy atom. The summed E-state index contributed by atoms with van der Waals surface area (Å²) in [5.74, 6) is -0.156. The summed E-state index contributed by atoms with van der Waals surface area (Å²) < 4.78 is 9.14. The molecule has 2 aliphatic heterocycles. The van der Waals surface area contributed by atoms with Gasteiger partial charge in [0.05, 0.1) is 24.1 Å². The van der Waals surface area contributed by atoms with Crippen molar-refractivity contribution in [1.29, 1.82) is 0 Å². The molecule has 22 heavy (non-hydrogen) atoms. The molecule has 2 aliphatic rings. The first kappa shape index (κ1) is 12.0. The molecule has 0 aromatic carbocycles. The predicted molar refractivity (Wildman–Crippen MR) is 80.0 cm³/mol. The second kappa shape index (κ2) is 4.43. The minimum atomic E-state index is -0.524. The number of amides is 2. The van der Waals surface area contributed by atoms with Gasteiger partial charge in [0.2, 0.25) is 5.91 Å². The summed E-state index contributed by atoms with van der Waals surface area (Å²) >= 11 is 0. The van der Waals surface area contributed by atoms with E-state index >= 15 is 0 Å². The van der Waals surface area contributed by atoms with Crippen molar-refractivity contribution in [1.82, 2.24) is 19.8 Å². The zero-order valence-electron chi connectivity index (χ0n) is 13.0. The molecule has 4 heterocycles. The fourth-order valence-electron chi connectivity index (χ4n) is 3.42. The first-order valence-corrected chi connectivity index (χ1v) is 7.21. The van der Waals surface area contributed by atoms with E-state index in [9.17, 15) is 9.59 Å². The summed E-state index contributed by atoms with van der Waals surface area (Å²) in [7, 11) is 0. The highest BCUT2D eigenvalue weighted by Gasteiger charge is 2.50. The molecule has 1 unspecified atom stereocenters. The predicted octanol–water partition coefficient (Wildman–Crippen LogP) is 1.20. The molecule has 6 nitrogen and oxygen atoms in total. The monoisotopic (exact) mass is 298 g/mol. The number of fused-ring (bicyclic) bond motifs is 1. The quantitative estimate of drug-likeness (QED) is 0.860. The van der Waals surface area contributed by atoms with E-state index in [1.54, 1.807) is 23.2 Å². The zero-order chi connectivity index (χ0) is 16.2. The van der Waals surface area contributed by atoms with E-state index in [0.717, 1.165) is 5.70 Å². The van der Waals surface area contributed by atoms with Crippen LogP contribution in [0.4, 0.5) is 0 Å². The van der Waals surface area contributed by atoms with Gasteiger partial charge in [-0.1, -0.05) is 12.6 Å². The molecule has 112 valence electrons. The van der Waals surface area contributed by atoms with Crippen LogP contribution < -0.4 is 5.32 Å². The van der Waals surface area contributed by atoms with Gasteiger partial charge in [0.1, 0.15) is 0 Å². The van der Waals surface area contributed by atoms with Crippen molar-refractivity contribution >= 4 is 17.3 Å². The average Bonchev–Trinajstić information content (AvgIpc) is 3.17. The molecule has 2 fully saturated rings. The molecule has 2 saturated heterocycles. The maximum atomic E-state index is 12.8. The lowest BCUT2D eigenvalue weighted by Crippen LogP contribution is -2.36. The number of aromatic nitrogens is 2. The van der Waals surface area contributed by atoms with Crippen molar-refractivity contribution in [2.45, 2.75) is 12.8 Å². The van der Waals surface area contributed by atoms with Crippen LogP contribution in [0.25, 0.3) is 5.52 Å². The van der Waals surface area contributed by atoms with Crippen molar-refractivity contribution in [3.63, 3.8) is 0 Å². The van der Waals surface area contributed by atoms with Gasteiger partial charge in [-0.15, -0.1) is 0 Å². The summed E-state index contributed by atoms with van der Waals surface area (Å²) in [6.45, 7) is 4.78. The van der Waals surface area contributed by atoms with E-state index in [4.69, 9.17) is 1.37 Å². The van der Waals surface area contributed by atoms with Crippen LogP contribution in [0.5, 0.6) is 0 Å². The third-order valence-corrected chi connectivity index (χ3v) is 4.56. The maximum absolute atomic E-state index is 12.8. The fraction of sp³-hybridized carbons (Fsp3) is 0.312. The Kier molecular flexibility index (Phi) is 2.41. The molecule has 1 N–H and O–H groups in total. The molecule has 0 radical (unpaired) electrons.